The van der Waals surface area contributed by atoms with Crippen LogP contribution >= 0.6 is 0 Å². The van der Waals surface area contributed by atoms with E-state index in [1.165, 1.54) is 5.56 Å². The number of carbonyl (C=O) groups is 2. The van der Waals surface area contributed by atoms with Gasteiger partial charge in [0.1, 0.15) is 5.75 Å². The quantitative estimate of drug-likeness (QED) is 0.728. The van der Waals surface area contributed by atoms with E-state index in [0.29, 0.717) is 12.3 Å². The Morgan fingerprint density at radius 3 is 2.36 bits per heavy atom. The van der Waals surface area contributed by atoms with Crippen LogP contribution in [-0.4, -0.2) is 23.6 Å². The SMILES string of the molecule is C[C@H](CC(=O)O)CC(=O)Nc1ccc(OCCc2ccccc2)cc1. The van der Waals surface area contributed by atoms with Gasteiger partial charge in [-0.15, -0.1) is 0 Å². The molecule has 0 saturated carbocycles. The molecular weight excluding hydrogens is 318 g/mol. The molecule has 0 bridgehead atoms. The van der Waals surface area contributed by atoms with Gasteiger partial charge < -0.3 is 15.2 Å². The van der Waals surface area contributed by atoms with Gasteiger partial charge in [-0.05, 0) is 35.7 Å². The molecule has 0 fully saturated rings. The van der Waals surface area contributed by atoms with E-state index in [1.54, 1.807) is 31.2 Å². The molecule has 132 valence electrons. The normalized spacial score (nSPS) is 11.6. The highest BCUT2D eigenvalue weighted by Gasteiger charge is 2.12. The summed E-state index contributed by atoms with van der Waals surface area (Å²) in [5.74, 6) is -0.532. The standard InChI is InChI=1S/C20H23NO4/c1-15(14-20(23)24)13-19(22)21-17-7-9-18(10-8-17)25-12-11-16-5-3-2-4-6-16/h2-10,15H,11-14H2,1H3,(H,21,22)(H,23,24)/t15-/m0/s1. The molecule has 0 radical (unpaired) electrons. The molecule has 0 aromatic heterocycles. The molecule has 5 heteroatoms. The summed E-state index contributed by atoms with van der Waals surface area (Å²) < 4.78 is 5.70. The second kappa shape index (κ2) is 9.47. The topological polar surface area (TPSA) is 75.6 Å². The number of rotatable bonds is 9. The van der Waals surface area contributed by atoms with Crippen molar-refractivity contribution < 1.29 is 19.4 Å². The number of aliphatic carboxylic acids is 1. The van der Waals surface area contributed by atoms with Crippen molar-refractivity contribution in [3.05, 3.63) is 60.2 Å². The summed E-state index contributed by atoms with van der Waals surface area (Å²) in [6.07, 6.45) is 1.00. The second-order valence-electron chi connectivity index (χ2n) is 6.06. The molecule has 0 aliphatic heterocycles. The fourth-order valence-corrected chi connectivity index (χ4v) is 2.46. The lowest BCUT2D eigenvalue weighted by Gasteiger charge is -2.10. The predicted molar refractivity (Wildman–Crippen MR) is 96.7 cm³/mol. The Kier molecular flexibility index (Phi) is 7.01. The predicted octanol–water partition coefficient (Wildman–Crippen LogP) is 3.75. The molecule has 1 amide bonds. The Morgan fingerprint density at radius 2 is 1.72 bits per heavy atom. The maximum Gasteiger partial charge on any atom is 0.303 e. The number of hydrogen-bond donors (Lipinski definition) is 2. The van der Waals surface area contributed by atoms with Gasteiger partial charge in [-0.2, -0.15) is 0 Å². The molecule has 1 atom stereocenters. The number of anilines is 1. The molecule has 0 saturated heterocycles. The van der Waals surface area contributed by atoms with Crippen LogP contribution in [0.4, 0.5) is 5.69 Å². The number of carbonyl (C=O) groups excluding carboxylic acids is 1. The van der Waals surface area contributed by atoms with Crippen molar-refractivity contribution in [2.45, 2.75) is 26.2 Å². The number of ether oxygens (including phenoxy) is 1. The zero-order valence-corrected chi connectivity index (χ0v) is 14.3. The van der Waals surface area contributed by atoms with Gasteiger partial charge in [0, 0.05) is 24.9 Å². The van der Waals surface area contributed by atoms with E-state index < -0.39 is 5.97 Å². The summed E-state index contributed by atoms with van der Waals surface area (Å²) in [4.78, 5) is 22.5. The minimum atomic E-state index is -0.891. The fourth-order valence-electron chi connectivity index (χ4n) is 2.46. The zero-order chi connectivity index (χ0) is 18.1. The van der Waals surface area contributed by atoms with Crippen LogP contribution in [0, 0.1) is 5.92 Å². The van der Waals surface area contributed by atoms with Crippen LogP contribution in [0.5, 0.6) is 5.75 Å². The van der Waals surface area contributed by atoms with Gasteiger partial charge in [0.25, 0.3) is 0 Å². The summed E-state index contributed by atoms with van der Waals surface area (Å²) in [6.45, 7) is 2.33. The lowest BCUT2D eigenvalue weighted by atomic mass is 10.0. The summed E-state index contributed by atoms with van der Waals surface area (Å²) >= 11 is 0. The third-order valence-corrected chi connectivity index (χ3v) is 3.70. The first-order valence-corrected chi connectivity index (χ1v) is 8.31. The van der Waals surface area contributed by atoms with Crippen molar-refractivity contribution >= 4 is 17.6 Å². The molecule has 2 N–H and O–H groups in total. The summed E-state index contributed by atoms with van der Waals surface area (Å²) in [5, 5.41) is 11.5. The molecular formula is C20H23NO4. The van der Waals surface area contributed by atoms with Crippen molar-refractivity contribution in [1.29, 1.82) is 0 Å². The number of carboxylic acid groups (broad SMARTS) is 1. The largest absolute Gasteiger partial charge is 0.493 e. The molecule has 0 unspecified atom stereocenters. The van der Waals surface area contributed by atoms with Crippen LogP contribution in [-0.2, 0) is 16.0 Å². The molecule has 0 aliphatic rings. The summed E-state index contributed by atoms with van der Waals surface area (Å²) in [5.41, 5.74) is 1.89. The number of nitrogens with one attached hydrogen (secondary N) is 1. The average molecular weight is 341 g/mol. The highest BCUT2D eigenvalue weighted by Crippen LogP contribution is 2.17. The number of amides is 1. The Bertz CT molecular complexity index is 683. The summed E-state index contributed by atoms with van der Waals surface area (Å²) in [7, 11) is 0. The Hall–Kier alpha value is -2.82. The van der Waals surface area contributed by atoms with Crippen LogP contribution in [0.15, 0.2) is 54.6 Å². The fraction of sp³-hybridized carbons (Fsp3) is 0.300. The Balaban J connectivity index is 1.75. The highest BCUT2D eigenvalue weighted by molar-refractivity contribution is 5.91. The molecule has 5 nitrogen and oxygen atoms in total. The van der Waals surface area contributed by atoms with Crippen LogP contribution in [0.2, 0.25) is 0 Å². The number of hydrogen-bond acceptors (Lipinski definition) is 3. The van der Waals surface area contributed by atoms with E-state index in [-0.39, 0.29) is 24.7 Å². The van der Waals surface area contributed by atoms with E-state index in [4.69, 9.17) is 9.84 Å². The summed E-state index contributed by atoms with van der Waals surface area (Å²) in [6, 6.07) is 17.3. The molecule has 2 aromatic rings. The third-order valence-electron chi connectivity index (χ3n) is 3.70. The van der Waals surface area contributed by atoms with Gasteiger partial charge in [-0.1, -0.05) is 37.3 Å². The number of carboxylic acids is 1. The van der Waals surface area contributed by atoms with Gasteiger partial charge in [0.15, 0.2) is 0 Å². The van der Waals surface area contributed by atoms with Crippen molar-refractivity contribution in [2.24, 2.45) is 5.92 Å². The van der Waals surface area contributed by atoms with Crippen LogP contribution in [0.25, 0.3) is 0 Å². The molecule has 0 aliphatic carbocycles. The van der Waals surface area contributed by atoms with Gasteiger partial charge in [0.05, 0.1) is 6.61 Å². The first-order valence-electron chi connectivity index (χ1n) is 8.31. The zero-order valence-electron chi connectivity index (χ0n) is 14.3. The monoisotopic (exact) mass is 341 g/mol. The van der Waals surface area contributed by atoms with Gasteiger partial charge in [-0.25, -0.2) is 0 Å². The molecule has 0 heterocycles. The van der Waals surface area contributed by atoms with Crippen molar-refractivity contribution in [2.75, 3.05) is 11.9 Å². The third kappa shape index (κ3) is 7.08. The van der Waals surface area contributed by atoms with Crippen LogP contribution in [0.1, 0.15) is 25.3 Å². The Labute approximate surface area is 147 Å². The van der Waals surface area contributed by atoms with E-state index in [0.717, 1.165) is 12.2 Å². The van der Waals surface area contributed by atoms with E-state index in [2.05, 4.69) is 17.4 Å². The maximum absolute atomic E-state index is 11.9. The lowest BCUT2D eigenvalue weighted by Crippen LogP contribution is -2.16. The van der Waals surface area contributed by atoms with Crippen LogP contribution < -0.4 is 10.1 Å². The van der Waals surface area contributed by atoms with E-state index in [1.807, 2.05) is 18.2 Å². The van der Waals surface area contributed by atoms with Crippen molar-refractivity contribution in [3.8, 4) is 5.75 Å². The maximum atomic E-state index is 11.9. The van der Waals surface area contributed by atoms with E-state index >= 15 is 0 Å². The molecule has 0 spiro atoms. The number of benzene rings is 2. The average Bonchev–Trinajstić information content (AvgIpc) is 2.56. The van der Waals surface area contributed by atoms with Gasteiger partial charge in [-0.3, -0.25) is 9.59 Å². The molecule has 2 rings (SSSR count). The first-order chi connectivity index (χ1) is 12.0. The molecule has 2 aromatic carbocycles. The Morgan fingerprint density at radius 1 is 1.04 bits per heavy atom. The highest BCUT2D eigenvalue weighted by atomic mass is 16.5. The minimum absolute atomic E-state index is 0.0123. The van der Waals surface area contributed by atoms with Gasteiger partial charge in [0.2, 0.25) is 5.91 Å². The lowest BCUT2D eigenvalue weighted by molar-refractivity contribution is -0.138. The smallest absolute Gasteiger partial charge is 0.303 e. The van der Waals surface area contributed by atoms with Gasteiger partial charge >= 0.3 is 5.97 Å². The molecule has 25 heavy (non-hydrogen) atoms. The van der Waals surface area contributed by atoms with Crippen molar-refractivity contribution in [1.82, 2.24) is 0 Å². The first kappa shape index (κ1) is 18.5. The second-order valence-corrected chi connectivity index (χ2v) is 6.06. The van der Waals surface area contributed by atoms with E-state index in [9.17, 15) is 9.59 Å². The van der Waals surface area contributed by atoms with Crippen LogP contribution in [0.3, 0.4) is 0 Å². The minimum Gasteiger partial charge on any atom is -0.493 e. The van der Waals surface area contributed by atoms with Crippen molar-refractivity contribution in [3.63, 3.8) is 0 Å².